The van der Waals surface area contributed by atoms with E-state index in [0.717, 1.165) is 23.5 Å². The minimum Gasteiger partial charge on any atom is -0.476 e. The van der Waals surface area contributed by atoms with E-state index >= 15 is 0 Å². The van der Waals surface area contributed by atoms with Crippen molar-refractivity contribution in [3.05, 3.63) is 46.2 Å². The van der Waals surface area contributed by atoms with E-state index in [1.54, 1.807) is 11.6 Å². The molecule has 94 valence electrons. The second-order valence-corrected chi connectivity index (χ2v) is 4.43. The third kappa shape index (κ3) is 3.61. The normalized spacial score (nSPS) is 10.4. The van der Waals surface area contributed by atoms with E-state index in [-0.39, 0.29) is 5.01 Å². The Morgan fingerprint density at radius 2 is 2.28 bits per heavy atom. The van der Waals surface area contributed by atoms with Gasteiger partial charge in [0.05, 0.1) is 18.9 Å². The highest BCUT2D eigenvalue weighted by Gasteiger charge is 2.08. The van der Waals surface area contributed by atoms with Crippen LogP contribution in [0, 0.1) is 0 Å². The molecule has 0 unspecified atom stereocenters. The predicted octanol–water partition coefficient (Wildman–Crippen LogP) is 2.00. The average molecular weight is 264 g/mol. The van der Waals surface area contributed by atoms with Crippen molar-refractivity contribution in [3.8, 4) is 0 Å². The second-order valence-electron chi connectivity index (χ2n) is 3.57. The van der Waals surface area contributed by atoms with Crippen LogP contribution in [0.3, 0.4) is 0 Å². The molecule has 2 aromatic rings. The zero-order chi connectivity index (χ0) is 12.8. The average Bonchev–Trinajstić information content (AvgIpc) is 2.85. The van der Waals surface area contributed by atoms with Crippen molar-refractivity contribution >= 4 is 17.3 Å². The summed E-state index contributed by atoms with van der Waals surface area (Å²) in [5.41, 5.74) is 1.63. The number of ether oxygens (including phenoxy) is 1. The Bertz CT molecular complexity index is 513. The maximum absolute atomic E-state index is 10.6. The first-order valence-corrected chi connectivity index (χ1v) is 6.29. The first-order valence-electron chi connectivity index (χ1n) is 5.41. The van der Waals surface area contributed by atoms with Gasteiger partial charge in [0, 0.05) is 23.7 Å². The van der Waals surface area contributed by atoms with Crippen LogP contribution in [0.15, 0.2) is 29.8 Å². The second kappa shape index (κ2) is 6.23. The van der Waals surface area contributed by atoms with E-state index < -0.39 is 5.97 Å². The SMILES string of the molecule is O=C(O)c1nc(COCCc2ccccn2)cs1. The topological polar surface area (TPSA) is 72.3 Å². The van der Waals surface area contributed by atoms with Gasteiger partial charge in [0.1, 0.15) is 0 Å². The first kappa shape index (κ1) is 12.7. The molecule has 6 heteroatoms. The Morgan fingerprint density at radius 1 is 1.39 bits per heavy atom. The number of pyridine rings is 1. The number of nitrogens with zero attached hydrogens (tertiary/aromatic N) is 2. The zero-order valence-corrected chi connectivity index (χ0v) is 10.4. The lowest BCUT2D eigenvalue weighted by Gasteiger charge is -2.01. The van der Waals surface area contributed by atoms with Crippen molar-refractivity contribution in [1.82, 2.24) is 9.97 Å². The van der Waals surface area contributed by atoms with Gasteiger partial charge in [-0.25, -0.2) is 9.78 Å². The molecule has 0 aliphatic heterocycles. The summed E-state index contributed by atoms with van der Waals surface area (Å²) in [6.07, 6.45) is 2.48. The third-order valence-corrected chi connectivity index (χ3v) is 3.09. The number of hydrogen-bond acceptors (Lipinski definition) is 5. The van der Waals surface area contributed by atoms with Gasteiger partial charge < -0.3 is 9.84 Å². The van der Waals surface area contributed by atoms with Gasteiger partial charge in [-0.1, -0.05) is 6.07 Å². The molecule has 2 aromatic heterocycles. The Labute approximate surface area is 108 Å². The van der Waals surface area contributed by atoms with Crippen LogP contribution < -0.4 is 0 Å². The van der Waals surface area contributed by atoms with E-state index in [1.165, 1.54) is 0 Å². The van der Waals surface area contributed by atoms with Crippen molar-refractivity contribution < 1.29 is 14.6 Å². The minimum absolute atomic E-state index is 0.0957. The van der Waals surface area contributed by atoms with Crippen LogP contribution in [-0.2, 0) is 17.8 Å². The molecule has 2 heterocycles. The Hall–Kier alpha value is -1.79. The quantitative estimate of drug-likeness (QED) is 0.808. The fourth-order valence-electron chi connectivity index (χ4n) is 1.37. The van der Waals surface area contributed by atoms with E-state index in [9.17, 15) is 4.79 Å². The van der Waals surface area contributed by atoms with Crippen molar-refractivity contribution in [1.29, 1.82) is 0 Å². The Balaban J connectivity index is 1.73. The van der Waals surface area contributed by atoms with E-state index in [4.69, 9.17) is 9.84 Å². The van der Waals surface area contributed by atoms with Crippen molar-refractivity contribution in [2.24, 2.45) is 0 Å². The van der Waals surface area contributed by atoms with E-state index in [2.05, 4.69) is 9.97 Å². The Kier molecular flexibility index (Phi) is 4.38. The molecule has 5 nitrogen and oxygen atoms in total. The third-order valence-electron chi connectivity index (χ3n) is 2.21. The van der Waals surface area contributed by atoms with Gasteiger partial charge in [-0.2, -0.15) is 0 Å². The van der Waals surface area contributed by atoms with Gasteiger partial charge in [0.25, 0.3) is 0 Å². The molecule has 18 heavy (non-hydrogen) atoms. The molecule has 0 bridgehead atoms. The lowest BCUT2D eigenvalue weighted by Crippen LogP contribution is -2.01. The van der Waals surface area contributed by atoms with Crippen LogP contribution in [0.5, 0.6) is 0 Å². The number of carbonyl (C=O) groups is 1. The lowest BCUT2D eigenvalue weighted by molar-refractivity contribution is 0.0695. The smallest absolute Gasteiger partial charge is 0.365 e. The van der Waals surface area contributed by atoms with Crippen LogP contribution in [-0.4, -0.2) is 27.7 Å². The summed E-state index contributed by atoms with van der Waals surface area (Å²) in [6.45, 7) is 0.869. The van der Waals surface area contributed by atoms with E-state index in [1.807, 2.05) is 18.2 Å². The fourth-order valence-corrected chi connectivity index (χ4v) is 2.01. The summed E-state index contributed by atoms with van der Waals surface area (Å²) in [6, 6.07) is 5.74. The maximum atomic E-state index is 10.6. The number of rotatable bonds is 6. The van der Waals surface area contributed by atoms with Gasteiger partial charge in [0.2, 0.25) is 5.01 Å². The maximum Gasteiger partial charge on any atom is 0.365 e. The van der Waals surface area contributed by atoms with Crippen LogP contribution in [0.25, 0.3) is 0 Å². The summed E-state index contributed by atoms with van der Waals surface area (Å²) in [7, 11) is 0. The molecule has 1 N–H and O–H groups in total. The van der Waals surface area contributed by atoms with Crippen molar-refractivity contribution in [3.63, 3.8) is 0 Å². The molecule has 0 saturated heterocycles. The number of aromatic nitrogens is 2. The van der Waals surface area contributed by atoms with Crippen molar-refractivity contribution in [2.75, 3.05) is 6.61 Å². The largest absolute Gasteiger partial charge is 0.476 e. The molecule has 0 amide bonds. The van der Waals surface area contributed by atoms with Crippen LogP contribution in [0.1, 0.15) is 21.2 Å². The molecule has 0 fully saturated rings. The van der Waals surface area contributed by atoms with Crippen LogP contribution in [0.4, 0.5) is 0 Å². The van der Waals surface area contributed by atoms with Gasteiger partial charge in [0.15, 0.2) is 0 Å². The Morgan fingerprint density at radius 3 is 2.94 bits per heavy atom. The highest BCUT2D eigenvalue weighted by molar-refractivity contribution is 7.11. The van der Waals surface area contributed by atoms with Gasteiger partial charge in [-0.05, 0) is 12.1 Å². The lowest BCUT2D eigenvalue weighted by atomic mass is 10.3. The summed E-state index contributed by atoms with van der Waals surface area (Å²) in [4.78, 5) is 18.7. The predicted molar refractivity (Wildman–Crippen MR) is 66.7 cm³/mol. The van der Waals surface area contributed by atoms with Gasteiger partial charge in [-0.15, -0.1) is 11.3 Å². The number of carboxylic acid groups (broad SMARTS) is 1. The minimum atomic E-state index is -1.00. The molecule has 0 aliphatic rings. The molecular weight excluding hydrogens is 252 g/mol. The number of carboxylic acids is 1. The first-order chi connectivity index (χ1) is 8.75. The van der Waals surface area contributed by atoms with E-state index in [0.29, 0.717) is 18.9 Å². The van der Waals surface area contributed by atoms with Gasteiger partial charge in [-0.3, -0.25) is 4.98 Å². The highest BCUT2D eigenvalue weighted by atomic mass is 32.1. The fraction of sp³-hybridized carbons (Fsp3) is 0.250. The highest BCUT2D eigenvalue weighted by Crippen LogP contribution is 2.10. The van der Waals surface area contributed by atoms with Gasteiger partial charge >= 0.3 is 5.97 Å². The molecule has 0 atom stereocenters. The zero-order valence-electron chi connectivity index (χ0n) is 9.57. The summed E-state index contributed by atoms with van der Waals surface area (Å²) in [5.74, 6) is -1.00. The summed E-state index contributed by atoms with van der Waals surface area (Å²) in [5, 5.41) is 10.5. The van der Waals surface area contributed by atoms with Crippen LogP contribution >= 0.6 is 11.3 Å². The molecule has 0 aliphatic carbocycles. The monoisotopic (exact) mass is 264 g/mol. The molecule has 0 aromatic carbocycles. The summed E-state index contributed by atoms with van der Waals surface area (Å²) >= 11 is 1.11. The molecular formula is C12H12N2O3S. The number of hydrogen-bond donors (Lipinski definition) is 1. The number of thiazole rings is 1. The number of aromatic carboxylic acids is 1. The summed E-state index contributed by atoms with van der Waals surface area (Å²) < 4.78 is 5.43. The molecule has 2 rings (SSSR count). The van der Waals surface area contributed by atoms with Crippen molar-refractivity contribution in [2.45, 2.75) is 13.0 Å². The standard InChI is InChI=1S/C12H12N2O3S/c15-12(16)11-14-10(8-18-11)7-17-6-4-9-3-1-2-5-13-9/h1-3,5,8H,4,6-7H2,(H,15,16). The molecule has 0 radical (unpaired) electrons. The molecule has 0 saturated carbocycles. The molecule has 0 spiro atoms. The van der Waals surface area contributed by atoms with Crippen LogP contribution in [0.2, 0.25) is 0 Å².